The lowest BCUT2D eigenvalue weighted by atomic mass is 10.1. The molecule has 0 bridgehead atoms. The molecule has 0 amide bonds. The maximum absolute atomic E-state index is 12.2. The van der Waals surface area contributed by atoms with Gasteiger partial charge in [-0.3, -0.25) is 0 Å². The maximum Gasteiger partial charge on any atom is 0.416 e. The second kappa shape index (κ2) is 6.80. The topological polar surface area (TPSA) is 52.0 Å². The molecule has 0 fully saturated rings. The van der Waals surface area contributed by atoms with Crippen LogP contribution in [0.15, 0.2) is 42.5 Å². The van der Waals surface area contributed by atoms with E-state index in [2.05, 4.69) is 0 Å². The lowest BCUT2D eigenvalue weighted by Crippen LogP contribution is -2.07. The third-order valence-corrected chi connectivity index (χ3v) is 2.78. The summed E-state index contributed by atoms with van der Waals surface area (Å²) in [7, 11) is 0. The van der Waals surface area contributed by atoms with Gasteiger partial charge in [-0.15, -0.1) is 0 Å². The predicted molar refractivity (Wildman–Crippen MR) is 76.4 cm³/mol. The van der Waals surface area contributed by atoms with Crippen LogP contribution >= 0.6 is 0 Å². The summed E-state index contributed by atoms with van der Waals surface area (Å²) < 4.78 is 72.3. The molecule has 4 N–H and O–H groups in total. The van der Waals surface area contributed by atoms with Gasteiger partial charge < -0.3 is 11.5 Å². The van der Waals surface area contributed by atoms with Crippen molar-refractivity contribution < 1.29 is 26.3 Å². The van der Waals surface area contributed by atoms with Gasteiger partial charge in [0.15, 0.2) is 0 Å². The Bertz CT molecular complexity index is 662. The van der Waals surface area contributed by atoms with Crippen LogP contribution < -0.4 is 11.5 Å². The number of hydrogen-bond donors (Lipinski definition) is 2. The largest absolute Gasteiger partial charge is 0.416 e. The van der Waals surface area contributed by atoms with Crippen LogP contribution in [0.3, 0.4) is 0 Å². The highest BCUT2D eigenvalue weighted by molar-refractivity contribution is 5.45. The van der Waals surface area contributed by atoms with Gasteiger partial charge in [-0.05, 0) is 42.8 Å². The fourth-order valence-corrected chi connectivity index (χ4v) is 1.66. The van der Waals surface area contributed by atoms with Crippen molar-refractivity contribution in [1.82, 2.24) is 0 Å². The van der Waals surface area contributed by atoms with Gasteiger partial charge in [0, 0.05) is 11.4 Å². The summed E-state index contributed by atoms with van der Waals surface area (Å²) in [4.78, 5) is 0. The van der Waals surface area contributed by atoms with Crippen LogP contribution in [0.5, 0.6) is 0 Å². The summed E-state index contributed by atoms with van der Waals surface area (Å²) in [6.07, 6.45) is -8.60. The third kappa shape index (κ3) is 5.72. The Balaban J connectivity index is 0.000000231. The molecule has 2 nitrogen and oxygen atoms in total. The molecule has 0 aliphatic carbocycles. The van der Waals surface area contributed by atoms with E-state index in [1.165, 1.54) is 31.2 Å². The highest BCUT2D eigenvalue weighted by atomic mass is 19.4. The molecular formula is C15H14F6N2. The van der Waals surface area contributed by atoms with Crippen molar-refractivity contribution in [3.8, 4) is 0 Å². The minimum absolute atomic E-state index is 0.125. The number of nitrogen functional groups attached to an aromatic ring is 2. The van der Waals surface area contributed by atoms with Crippen LogP contribution in [0.25, 0.3) is 0 Å². The molecule has 8 heteroatoms. The number of anilines is 2. The number of rotatable bonds is 0. The first-order valence-electron chi connectivity index (χ1n) is 6.27. The van der Waals surface area contributed by atoms with Gasteiger partial charge in [-0.25, -0.2) is 0 Å². The Morgan fingerprint density at radius 2 is 1.30 bits per heavy atom. The second-order valence-electron chi connectivity index (χ2n) is 4.70. The predicted octanol–water partition coefficient (Wildman–Crippen LogP) is 4.88. The molecule has 2 aromatic rings. The maximum atomic E-state index is 12.2. The van der Waals surface area contributed by atoms with Crippen molar-refractivity contribution in [3.63, 3.8) is 0 Å². The first-order chi connectivity index (χ1) is 10.4. The van der Waals surface area contributed by atoms with Gasteiger partial charge >= 0.3 is 12.4 Å². The Labute approximate surface area is 128 Å². The van der Waals surface area contributed by atoms with E-state index in [1.54, 1.807) is 0 Å². The molecule has 0 spiro atoms. The fourth-order valence-electron chi connectivity index (χ4n) is 1.66. The monoisotopic (exact) mass is 336 g/mol. The first-order valence-corrected chi connectivity index (χ1v) is 6.27. The van der Waals surface area contributed by atoms with Crippen LogP contribution in [-0.2, 0) is 12.4 Å². The van der Waals surface area contributed by atoms with Gasteiger partial charge in [0.1, 0.15) is 0 Å². The quantitative estimate of drug-likeness (QED) is 0.532. The summed E-state index contributed by atoms with van der Waals surface area (Å²) in [5, 5.41) is 0. The lowest BCUT2D eigenvalue weighted by Gasteiger charge is -2.09. The van der Waals surface area contributed by atoms with E-state index in [-0.39, 0.29) is 16.9 Å². The minimum atomic E-state index is -4.31. The van der Waals surface area contributed by atoms with Crippen molar-refractivity contribution in [3.05, 3.63) is 59.2 Å². The molecule has 0 heterocycles. The van der Waals surface area contributed by atoms with Crippen molar-refractivity contribution in [2.75, 3.05) is 11.5 Å². The number of benzene rings is 2. The molecule has 0 saturated carbocycles. The van der Waals surface area contributed by atoms with Gasteiger partial charge in [0.25, 0.3) is 0 Å². The number of hydrogen-bond acceptors (Lipinski definition) is 2. The standard InChI is InChI=1S/C8H8F3N.C7H6F3N/c1-5-2-3-6(12)4-7(5)8(9,10)11;8-7(9,10)5-2-1-3-6(11)4-5/h2-4H,12H2,1H3;1-4H,11H2. The van der Waals surface area contributed by atoms with Crippen molar-refractivity contribution in [2.24, 2.45) is 0 Å². The van der Waals surface area contributed by atoms with Crippen molar-refractivity contribution in [2.45, 2.75) is 19.3 Å². The number of halogens is 6. The first kappa shape index (κ1) is 18.7. The summed E-state index contributed by atoms with van der Waals surface area (Å²) in [5.74, 6) is 0. The van der Waals surface area contributed by atoms with Gasteiger partial charge in [0.05, 0.1) is 11.1 Å². The highest BCUT2D eigenvalue weighted by Gasteiger charge is 2.32. The zero-order valence-electron chi connectivity index (χ0n) is 12.0. The molecule has 0 unspecified atom stereocenters. The SMILES string of the molecule is Cc1ccc(N)cc1C(F)(F)F.Nc1cccc(C(F)(F)F)c1. The molecule has 0 radical (unpaired) electrons. The summed E-state index contributed by atoms with van der Waals surface area (Å²) in [6, 6.07) is 8.32. The average molecular weight is 336 g/mol. The van der Waals surface area contributed by atoms with E-state index >= 15 is 0 Å². The molecular weight excluding hydrogens is 322 g/mol. The molecule has 0 aromatic heterocycles. The summed E-state index contributed by atoms with van der Waals surface area (Å²) in [5.41, 5.74) is 9.45. The van der Waals surface area contributed by atoms with Crippen LogP contribution in [0.2, 0.25) is 0 Å². The Kier molecular flexibility index (Phi) is 5.52. The Morgan fingerprint density at radius 3 is 1.70 bits per heavy atom. The average Bonchev–Trinajstić information content (AvgIpc) is 2.40. The van der Waals surface area contributed by atoms with Crippen LogP contribution in [0.4, 0.5) is 37.7 Å². The fraction of sp³-hybridized carbons (Fsp3) is 0.200. The molecule has 23 heavy (non-hydrogen) atoms. The van der Waals surface area contributed by atoms with E-state index in [9.17, 15) is 26.3 Å². The Hall–Kier alpha value is -2.38. The summed E-state index contributed by atoms with van der Waals surface area (Å²) in [6.45, 7) is 1.41. The molecule has 0 atom stereocenters. The zero-order chi connectivity index (χ0) is 17.8. The lowest BCUT2D eigenvalue weighted by molar-refractivity contribution is -0.138. The van der Waals surface area contributed by atoms with Gasteiger partial charge in [0.2, 0.25) is 0 Å². The van der Waals surface area contributed by atoms with E-state index in [1.807, 2.05) is 0 Å². The number of nitrogens with two attached hydrogens (primary N) is 2. The highest BCUT2D eigenvalue weighted by Crippen LogP contribution is 2.32. The van der Waals surface area contributed by atoms with Crippen molar-refractivity contribution >= 4 is 11.4 Å². The van der Waals surface area contributed by atoms with Crippen molar-refractivity contribution in [1.29, 1.82) is 0 Å². The summed E-state index contributed by atoms with van der Waals surface area (Å²) >= 11 is 0. The molecule has 0 aliphatic rings. The molecule has 2 aromatic carbocycles. The van der Waals surface area contributed by atoms with E-state index in [0.717, 1.165) is 18.2 Å². The number of alkyl halides is 6. The normalized spacial score (nSPS) is 11.6. The smallest absolute Gasteiger partial charge is 0.399 e. The van der Waals surface area contributed by atoms with Crippen LogP contribution in [0, 0.1) is 6.92 Å². The van der Waals surface area contributed by atoms with Gasteiger partial charge in [-0.2, -0.15) is 26.3 Å². The van der Waals surface area contributed by atoms with Crippen LogP contribution in [-0.4, -0.2) is 0 Å². The molecule has 126 valence electrons. The van der Waals surface area contributed by atoms with E-state index in [4.69, 9.17) is 11.5 Å². The second-order valence-corrected chi connectivity index (χ2v) is 4.70. The van der Waals surface area contributed by atoms with E-state index < -0.39 is 23.5 Å². The van der Waals surface area contributed by atoms with Crippen LogP contribution in [0.1, 0.15) is 16.7 Å². The molecule has 2 rings (SSSR count). The number of aryl methyl sites for hydroxylation is 1. The minimum Gasteiger partial charge on any atom is -0.399 e. The zero-order valence-corrected chi connectivity index (χ0v) is 12.0. The third-order valence-electron chi connectivity index (χ3n) is 2.78. The molecule has 0 aliphatic heterocycles. The van der Waals surface area contributed by atoms with Gasteiger partial charge in [-0.1, -0.05) is 12.1 Å². The van der Waals surface area contributed by atoms with E-state index in [0.29, 0.717) is 0 Å². The molecule has 0 saturated heterocycles. The Morgan fingerprint density at radius 1 is 0.739 bits per heavy atom.